The second-order valence-electron chi connectivity index (χ2n) is 2.90. The third kappa shape index (κ3) is 2.21. The molecule has 5 N–H and O–H groups in total. The summed E-state index contributed by atoms with van der Waals surface area (Å²) in [7, 11) is 1.22. The molecule has 5 nitrogen and oxygen atoms in total. The number of phenols is 1. The molecule has 0 fully saturated rings. The quantitative estimate of drug-likeness (QED) is 0.423. The van der Waals surface area contributed by atoms with Crippen LogP contribution in [-0.2, 0) is 9.53 Å². The van der Waals surface area contributed by atoms with Crippen LogP contribution in [0.3, 0.4) is 0 Å². The SMILES string of the molecule is COC(=O)[C@@H](N)c1c(Br)ccc(N)c1O. The van der Waals surface area contributed by atoms with Crippen LogP contribution in [0.1, 0.15) is 11.6 Å². The van der Waals surface area contributed by atoms with Crippen molar-refractivity contribution in [1.82, 2.24) is 0 Å². The van der Waals surface area contributed by atoms with Gasteiger partial charge in [0.1, 0.15) is 11.8 Å². The standard InChI is InChI=1S/C9H11BrN2O3/c1-15-9(14)7(12)6-4(10)2-3-5(11)8(6)13/h2-3,7,13H,11-12H2,1H3/t7-/m0/s1. The normalized spacial score (nSPS) is 12.2. The Balaban J connectivity index is 3.24. The average molecular weight is 275 g/mol. The first-order chi connectivity index (χ1) is 6.99. The van der Waals surface area contributed by atoms with E-state index in [0.717, 1.165) is 0 Å². The van der Waals surface area contributed by atoms with E-state index in [9.17, 15) is 9.90 Å². The number of carbonyl (C=O) groups excluding carboxylic acids is 1. The number of benzene rings is 1. The number of methoxy groups -OCH3 is 1. The number of hydrogen-bond donors (Lipinski definition) is 3. The van der Waals surface area contributed by atoms with Gasteiger partial charge in [-0.2, -0.15) is 0 Å². The van der Waals surface area contributed by atoms with Crippen molar-refractivity contribution in [3.63, 3.8) is 0 Å². The molecule has 1 rings (SSSR count). The average Bonchev–Trinajstić information content (AvgIpc) is 2.22. The lowest BCUT2D eigenvalue weighted by Crippen LogP contribution is -2.23. The fraction of sp³-hybridized carbons (Fsp3) is 0.222. The molecule has 0 aliphatic heterocycles. The lowest BCUT2D eigenvalue weighted by Gasteiger charge is -2.14. The summed E-state index contributed by atoms with van der Waals surface area (Å²) in [5.41, 5.74) is 11.5. The predicted octanol–water partition coefficient (Wildman–Crippen LogP) is 0.910. The van der Waals surface area contributed by atoms with Gasteiger partial charge >= 0.3 is 5.97 Å². The molecule has 1 aromatic carbocycles. The van der Waals surface area contributed by atoms with E-state index in [0.29, 0.717) is 4.47 Å². The number of anilines is 1. The lowest BCUT2D eigenvalue weighted by molar-refractivity contribution is -0.142. The molecule has 0 saturated heterocycles. The predicted molar refractivity (Wildman–Crippen MR) is 59.2 cm³/mol. The van der Waals surface area contributed by atoms with E-state index in [-0.39, 0.29) is 17.0 Å². The van der Waals surface area contributed by atoms with E-state index in [4.69, 9.17) is 11.5 Å². The summed E-state index contributed by atoms with van der Waals surface area (Å²) < 4.78 is 4.99. The Hall–Kier alpha value is -1.27. The molecule has 0 spiro atoms. The Morgan fingerprint density at radius 2 is 2.20 bits per heavy atom. The fourth-order valence-electron chi connectivity index (χ4n) is 1.14. The number of carbonyl (C=O) groups is 1. The third-order valence-corrected chi connectivity index (χ3v) is 2.65. The highest BCUT2D eigenvalue weighted by Crippen LogP contribution is 2.35. The number of rotatable bonds is 2. The number of hydrogen-bond acceptors (Lipinski definition) is 5. The second kappa shape index (κ2) is 4.50. The molecule has 0 aliphatic rings. The molecule has 0 bridgehead atoms. The zero-order valence-corrected chi connectivity index (χ0v) is 9.61. The van der Waals surface area contributed by atoms with Crippen molar-refractivity contribution in [3.8, 4) is 5.75 Å². The second-order valence-corrected chi connectivity index (χ2v) is 3.75. The van der Waals surface area contributed by atoms with Crippen molar-refractivity contribution in [2.45, 2.75) is 6.04 Å². The van der Waals surface area contributed by atoms with E-state index in [1.54, 1.807) is 6.07 Å². The number of nitrogens with two attached hydrogens (primary N) is 2. The molecule has 0 aliphatic carbocycles. The van der Waals surface area contributed by atoms with Gasteiger partial charge in [0.05, 0.1) is 12.8 Å². The van der Waals surface area contributed by atoms with Gasteiger partial charge in [0.25, 0.3) is 0 Å². The Morgan fingerprint density at radius 1 is 1.60 bits per heavy atom. The molecule has 0 saturated carbocycles. The summed E-state index contributed by atoms with van der Waals surface area (Å²) in [5, 5.41) is 9.65. The highest BCUT2D eigenvalue weighted by molar-refractivity contribution is 9.10. The van der Waals surface area contributed by atoms with Gasteiger partial charge in [0.15, 0.2) is 0 Å². The van der Waals surface area contributed by atoms with Gasteiger partial charge in [0.2, 0.25) is 0 Å². The van der Waals surface area contributed by atoms with Crippen LogP contribution in [0.5, 0.6) is 5.75 Å². The van der Waals surface area contributed by atoms with E-state index in [2.05, 4.69) is 20.7 Å². The van der Waals surface area contributed by atoms with Gasteiger partial charge in [-0.15, -0.1) is 0 Å². The third-order valence-electron chi connectivity index (χ3n) is 1.96. The van der Waals surface area contributed by atoms with Crippen LogP contribution in [0.25, 0.3) is 0 Å². The molecule has 15 heavy (non-hydrogen) atoms. The van der Waals surface area contributed by atoms with Gasteiger partial charge in [-0.25, -0.2) is 0 Å². The topological polar surface area (TPSA) is 98.6 Å². The van der Waals surface area contributed by atoms with Crippen molar-refractivity contribution >= 4 is 27.6 Å². The van der Waals surface area contributed by atoms with Crippen molar-refractivity contribution in [1.29, 1.82) is 0 Å². The highest BCUT2D eigenvalue weighted by atomic mass is 79.9. The van der Waals surface area contributed by atoms with Crippen molar-refractivity contribution in [2.75, 3.05) is 12.8 Å². The smallest absolute Gasteiger partial charge is 0.327 e. The number of aromatic hydroxyl groups is 1. The maximum atomic E-state index is 11.2. The largest absolute Gasteiger partial charge is 0.505 e. The van der Waals surface area contributed by atoms with Crippen LogP contribution < -0.4 is 11.5 Å². The number of phenolic OH excluding ortho intramolecular Hbond substituents is 1. The summed E-state index contributed by atoms with van der Waals surface area (Å²) in [6.07, 6.45) is 0. The molecule has 82 valence electrons. The Kier molecular flexibility index (Phi) is 3.54. The summed E-state index contributed by atoms with van der Waals surface area (Å²) >= 11 is 3.18. The van der Waals surface area contributed by atoms with Crippen LogP contribution >= 0.6 is 15.9 Å². The van der Waals surface area contributed by atoms with Gasteiger partial charge in [0, 0.05) is 10.0 Å². The van der Waals surface area contributed by atoms with Gasteiger partial charge in [-0.1, -0.05) is 15.9 Å². The number of esters is 1. The summed E-state index contributed by atoms with van der Waals surface area (Å²) in [6, 6.07) is 2.05. The Morgan fingerprint density at radius 3 is 2.73 bits per heavy atom. The van der Waals surface area contributed by atoms with Crippen molar-refractivity contribution < 1.29 is 14.6 Å². The van der Waals surface area contributed by atoms with Gasteiger partial charge in [-0.05, 0) is 12.1 Å². The van der Waals surface area contributed by atoms with Crippen molar-refractivity contribution in [3.05, 3.63) is 22.2 Å². The molecule has 0 aromatic heterocycles. The van der Waals surface area contributed by atoms with E-state index < -0.39 is 12.0 Å². The summed E-state index contributed by atoms with van der Waals surface area (Å²) in [5.74, 6) is -0.848. The van der Waals surface area contributed by atoms with Crippen LogP contribution in [-0.4, -0.2) is 18.2 Å². The summed E-state index contributed by atoms with van der Waals surface area (Å²) in [6.45, 7) is 0. The van der Waals surface area contributed by atoms with E-state index in [1.165, 1.54) is 13.2 Å². The Bertz CT molecular complexity index is 395. The van der Waals surface area contributed by atoms with Crippen LogP contribution in [0.2, 0.25) is 0 Å². The fourth-order valence-corrected chi connectivity index (χ4v) is 1.71. The minimum Gasteiger partial charge on any atom is -0.505 e. The summed E-state index contributed by atoms with van der Waals surface area (Å²) in [4.78, 5) is 11.2. The first kappa shape index (κ1) is 11.8. The minimum atomic E-state index is -1.06. The van der Waals surface area contributed by atoms with E-state index >= 15 is 0 Å². The van der Waals surface area contributed by atoms with Crippen LogP contribution in [0, 0.1) is 0 Å². The molecule has 0 amide bonds. The lowest BCUT2D eigenvalue weighted by atomic mass is 10.1. The molecule has 1 aromatic rings. The Labute approximate surface area is 95.1 Å². The first-order valence-corrected chi connectivity index (χ1v) is 4.88. The van der Waals surface area contributed by atoms with Crippen LogP contribution in [0.15, 0.2) is 16.6 Å². The molecule has 0 radical (unpaired) electrons. The number of halogens is 1. The first-order valence-electron chi connectivity index (χ1n) is 4.09. The van der Waals surface area contributed by atoms with Crippen LogP contribution in [0.4, 0.5) is 5.69 Å². The molecule has 6 heteroatoms. The zero-order valence-electron chi connectivity index (χ0n) is 8.03. The minimum absolute atomic E-state index is 0.160. The van der Waals surface area contributed by atoms with Gasteiger partial charge in [-0.3, -0.25) is 4.79 Å². The van der Waals surface area contributed by atoms with Crippen molar-refractivity contribution in [2.24, 2.45) is 5.73 Å². The monoisotopic (exact) mass is 274 g/mol. The zero-order chi connectivity index (χ0) is 11.6. The molecule has 1 atom stereocenters. The van der Waals surface area contributed by atoms with E-state index in [1.807, 2.05) is 0 Å². The maximum Gasteiger partial charge on any atom is 0.327 e. The number of nitrogen functional groups attached to an aromatic ring is 1. The maximum absolute atomic E-state index is 11.2. The highest BCUT2D eigenvalue weighted by Gasteiger charge is 2.23. The molecule has 0 unspecified atom stereocenters. The van der Waals surface area contributed by atoms with Gasteiger partial charge < -0.3 is 21.3 Å². The number of ether oxygens (including phenoxy) is 1. The molecular formula is C9H11BrN2O3. The molecular weight excluding hydrogens is 264 g/mol. The molecule has 0 heterocycles.